The van der Waals surface area contributed by atoms with Gasteiger partial charge in [0.2, 0.25) is 18.0 Å². The van der Waals surface area contributed by atoms with Gasteiger partial charge >= 0.3 is 11.9 Å². The Morgan fingerprint density at radius 1 is 1.33 bits per heavy atom. The third-order valence-corrected chi connectivity index (χ3v) is 1.79. The van der Waals surface area contributed by atoms with E-state index in [2.05, 4.69) is 4.74 Å². The minimum Gasteiger partial charge on any atom is -0.390 e. The van der Waals surface area contributed by atoms with E-state index in [4.69, 9.17) is 0 Å². The first-order valence-electron chi connectivity index (χ1n) is 4.18. The summed E-state index contributed by atoms with van der Waals surface area (Å²) in [5.41, 5.74) is 0. The molecule has 1 aliphatic rings. The smallest absolute Gasteiger partial charge is 0.364 e. The Labute approximate surface area is 84.6 Å². The standard InChI is InChI=1S/C8H9NO6/c1-4(10)15-8(14)7(13)9-5(11)2-3-6(9)12/h7,13H,2-3H2,1H3. The highest BCUT2D eigenvalue weighted by Gasteiger charge is 2.38. The molecule has 0 aliphatic carbocycles. The number of ether oxygens (including phenoxy) is 1. The molecule has 1 N–H and O–H groups in total. The second-order valence-electron chi connectivity index (χ2n) is 2.94. The van der Waals surface area contributed by atoms with Crippen molar-refractivity contribution >= 4 is 23.8 Å². The molecule has 1 fully saturated rings. The number of aliphatic hydroxyl groups is 1. The molecule has 15 heavy (non-hydrogen) atoms. The average molecular weight is 215 g/mol. The van der Waals surface area contributed by atoms with Crippen LogP contribution in [-0.4, -0.2) is 40.0 Å². The van der Waals surface area contributed by atoms with Gasteiger partial charge in [0.1, 0.15) is 0 Å². The van der Waals surface area contributed by atoms with Crippen LogP contribution in [0.15, 0.2) is 0 Å². The average Bonchev–Trinajstić information content (AvgIpc) is 2.44. The molecule has 1 unspecified atom stereocenters. The van der Waals surface area contributed by atoms with Crippen molar-refractivity contribution < 1.29 is 29.0 Å². The lowest BCUT2D eigenvalue weighted by Crippen LogP contribution is -2.45. The van der Waals surface area contributed by atoms with Gasteiger partial charge < -0.3 is 9.84 Å². The van der Waals surface area contributed by atoms with Crippen LogP contribution in [0.4, 0.5) is 0 Å². The van der Waals surface area contributed by atoms with Crippen LogP contribution in [0, 0.1) is 0 Å². The Kier molecular flexibility index (Phi) is 3.15. The van der Waals surface area contributed by atoms with Crippen LogP contribution < -0.4 is 0 Å². The Bertz CT molecular complexity index is 320. The zero-order valence-electron chi connectivity index (χ0n) is 7.93. The van der Waals surface area contributed by atoms with E-state index in [9.17, 15) is 24.3 Å². The Morgan fingerprint density at radius 3 is 2.20 bits per heavy atom. The van der Waals surface area contributed by atoms with E-state index in [0.717, 1.165) is 6.92 Å². The first kappa shape index (κ1) is 11.3. The van der Waals surface area contributed by atoms with Gasteiger partial charge in [0.15, 0.2) is 0 Å². The molecule has 1 aliphatic heterocycles. The summed E-state index contributed by atoms with van der Waals surface area (Å²) in [5.74, 6) is -3.56. The van der Waals surface area contributed by atoms with Crippen LogP contribution >= 0.6 is 0 Å². The number of nitrogens with zero attached hydrogens (tertiary/aromatic N) is 1. The van der Waals surface area contributed by atoms with Gasteiger partial charge in [0.05, 0.1) is 0 Å². The zero-order chi connectivity index (χ0) is 11.6. The van der Waals surface area contributed by atoms with Gasteiger partial charge in [-0.3, -0.25) is 14.4 Å². The molecule has 0 radical (unpaired) electrons. The number of hydrogen-bond acceptors (Lipinski definition) is 6. The zero-order valence-corrected chi connectivity index (χ0v) is 7.93. The summed E-state index contributed by atoms with van der Waals surface area (Å²) in [7, 11) is 0. The van der Waals surface area contributed by atoms with Crippen LogP contribution in [0.1, 0.15) is 19.8 Å². The van der Waals surface area contributed by atoms with Crippen molar-refractivity contribution in [1.82, 2.24) is 4.90 Å². The maximum Gasteiger partial charge on any atom is 0.364 e. The Hall–Kier alpha value is -1.76. The van der Waals surface area contributed by atoms with E-state index < -0.39 is 30.0 Å². The monoisotopic (exact) mass is 215 g/mol. The van der Waals surface area contributed by atoms with Crippen molar-refractivity contribution in [3.8, 4) is 0 Å². The molecule has 1 rings (SSSR count). The topological polar surface area (TPSA) is 101 Å². The molecule has 82 valence electrons. The summed E-state index contributed by atoms with van der Waals surface area (Å²) in [6.45, 7) is 0.970. The maximum absolute atomic E-state index is 11.1. The molecule has 1 heterocycles. The normalized spacial score (nSPS) is 17.9. The summed E-state index contributed by atoms with van der Waals surface area (Å²) in [6.07, 6.45) is -2.14. The SMILES string of the molecule is CC(=O)OC(=O)C(O)N1C(=O)CCC1=O. The van der Waals surface area contributed by atoms with Crippen LogP contribution in [0.25, 0.3) is 0 Å². The largest absolute Gasteiger partial charge is 0.390 e. The highest BCUT2D eigenvalue weighted by molar-refractivity contribution is 6.05. The van der Waals surface area contributed by atoms with E-state index >= 15 is 0 Å². The predicted octanol–water partition coefficient (Wildman–Crippen LogP) is -1.46. The van der Waals surface area contributed by atoms with E-state index in [1.165, 1.54) is 0 Å². The van der Waals surface area contributed by atoms with Gasteiger partial charge in [-0.2, -0.15) is 0 Å². The minimum atomic E-state index is -2.03. The molecule has 0 spiro atoms. The van der Waals surface area contributed by atoms with Crippen LogP contribution in [-0.2, 0) is 23.9 Å². The Balaban J connectivity index is 2.71. The fraction of sp³-hybridized carbons (Fsp3) is 0.500. The lowest BCUT2D eigenvalue weighted by Gasteiger charge is -2.18. The van der Waals surface area contributed by atoms with Crippen molar-refractivity contribution in [2.45, 2.75) is 26.0 Å². The number of rotatable bonds is 2. The first-order valence-corrected chi connectivity index (χ1v) is 4.18. The molecule has 2 amide bonds. The predicted molar refractivity (Wildman–Crippen MR) is 43.9 cm³/mol. The number of amides is 2. The van der Waals surface area contributed by atoms with E-state index in [1.807, 2.05) is 0 Å². The number of esters is 2. The molecule has 0 aromatic carbocycles. The quantitative estimate of drug-likeness (QED) is 0.343. The highest BCUT2D eigenvalue weighted by atomic mass is 16.6. The molecule has 7 heteroatoms. The second kappa shape index (κ2) is 4.18. The highest BCUT2D eigenvalue weighted by Crippen LogP contribution is 2.14. The molecule has 1 saturated heterocycles. The molecule has 7 nitrogen and oxygen atoms in total. The van der Waals surface area contributed by atoms with Gasteiger partial charge in [0, 0.05) is 19.8 Å². The fourth-order valence-corrected chi connectivity index (χ4v) is 1.17. The van der Waals surface area contributed by atoms with Crippen molar-refractivity contribution in [3.63, 3.8) is 0 Å². The van der Waals surface area contributed by atoms with Crippen molar-refractivity contribution in [1.29, 1.82) is 0 Å². The van der Waals surface area contributed by atoms with Gasteiger partial charge in [0.25, 0.3) is 0 Å². The van der Waals surface area contributed by atoms with Gasteiger partial charge in [-0.25, -0.2) is 9.69 Å². The minimum absolute atomic E-state index is 0.0523. The van der Waals surface area contributed by atoms with E-state index in [0.29, 0.717) is 4.90 Å². The molecular formula is C8H9NO6. The Morgan fingerprint density at radius 2 is 1.80 bits per heavy atom. The summed E-state index contributed by atoms with van der Waals surface area (Å²) in [5, 5.41) is 9.26. The van der Waals surface area contributed by atoms with Crippen molar-refractivity contribution in [3.05, 3.63) is 0 Å². The first-order chi connectivity index (χ1) is 6.93. The summed E-state index contributed by atoms with van der Waals surface area (Å²) in [4.78, 5) is 43.9. The third kappa shape index (κ3) is 2.38. The van der Waals surface area contributed by atoms with Crippen molar-refractivity contribution in [2.75, 3.05) is 0 Å². The van der Waals surface area contributed by atoms with Crippen LogP contribution in [0.5, 0.6) is 0 Å². The number of carbonyl (C=O) groups excluding carboxylic acids is 4. The number of hydrogen-bond donors (Lipinski definition) is 1. The fourth-order valence-electron chi connectivity index (χ4n) is 1.17. The van der Waals surface area contributed by atoms with E-state index in [-0.39, 0.29) is 12.8 Å². The van der Waals surface area contributed by atoms with Gasteiger partial charge in [-0.05, 0) is 0 Å². The molecule has 0 bridgehead atoms. The molecule has 0 aromatic heterocycles. The second-order valence-corrected chi connectivity index (χ2v) is 2.94. The number of likely N-dealkylation sites (tertiary alicyclic amines) is 1. The number of imide groups is 1. The van der Waals surface area contributed by atoms with Crippen molar-refractivity contribution in [2.24, 2.45) is 0 Å². The van der Waals surface area contributed by atoms with Crippen LogP contribution in [0.2, 0.25) is 0 Å². The number of aliphatic hydroxyl groups excluding tert-OH is 1. The molecule has 0 saturated carbocycles. The van der Waals surface area contributed by atoms with Gasteiger partial charge in [-0.1, -0.05) is 0 Å². The summed E-state index contributed by atoms with van der Waals surface area (Å²) in [6, 6.07) is 0. The lowest BCUT2D eigenvalue weighted by molar-refractivity contribution is -0.177. The molecular weight excluding hydrogens is 206 g/mol. The van der Waals surface area contributed by atoms with Crippen LogP contribution in [0.3, 0.4) is 0 Å². The molecule has 0 aromatic rings. The van der Waals surface area contributed by atoms with E-state index in [1.54, 1.807) is 0 Å². The number of carbonyl (C=O) groups is 4. The van der Waals surface area contributed by atoms with Gasteiger partial charge in [-0.15, -0.1) is 0 Å². The maximum atomic E-state index is 11.1. The lowest BCUT2D eigenvalue weighted by atomic mass is 10.4. The summed E-state index contributed by atoms with van der Waals surface area (Å²) >= 11 is 0. The third-order valence-electron chi connectivity index (χ3n) is 1.79. The molecule has 1 atom stereocenters. The summed E-state index contributed by atoms with van der Waals surface area (Å²) < 4.78 is 4.05.